The van der Waals surface area contributed by atoms with E-state index in [1.54, 1.807) is 0 Å². The SMILES string of the molecule is S=C1N[C@@H](c2ccccn2)[C@@H](c2cccn2-c2ccccn2)N1CCN1CCOCC1. The Labute approximate surface area is 187 Å². The molecular weight excluding hydrogens is 408 g/mol. The lowest BCUT2D eigenvalue weighted by Gasteiger charge is -2.32. The van der Waals surface area contributed by atoms with Crippen LogP contribution in [0.25, 0.3) is 5.82 Å². The molecule has 7 nitrogen and oxygen atoms in total. The van der Waals surface area contributed by atoms with E-state index in [9.17, 15) is 0 Å². The molecule has 0 unspecified atom stereocenters. The van der Waals surface area contributed by atoms with Crippen LogP contribution < -0.4 is 5.32 Å². The number of aromatic nitrogens is 3. The molecule has 0 saturated carbocycles. The summed E-state index contributed by atoms with van der Waals surface area (Å²) in [6.07, 6.45) is 5.73. The van der Waals surface area contributed by atoms with Gasteiger partial charge < -0.3 is 19.5 Å². The number of pyridine rings is 2. The Balaban J connectivity index is 1.49. The minimum Gasteiger partial charge on any atom is -0.379 e. The van der Waals surface area contributed by atoms with Crippen molar-refractivity contribution in [2.75, 3.05) is 39.4 Å². The van der Waals surface area contributed by atoms with Crippen molar-refractivity contribution in [3.05, 3.63) is 78.5 Å². The minimum absolute atomic E-state index is 0.0143. The maximum Gasteiger partial charge on any atom is 0.170 e. The van der Waals surface area contributed by atoms with Gasteiger partial charge in [-0.2, -0.15) is 0 Å². The van der Waals surface area contributed by atoms with Crippen LogP contribution in [0.15, 0.2) is 67.1 Å². The van der Waals surface area contributed by atoms with Crippen molar-refractivity contribution >= 4 is 17.3 Å². The summed E-state index contributed by atoms with van der Waals surface area (Å²) in [6, 6.07) is 16.2. The highest BCUT2D eigenvalue weighted by molar-refractivity contribution is 7.80. The van der Waals surface area contributed by atoms with Crippen LogP contribution in [0.1, 0.15) is 23.5 Å². The first-order chi connectivity index (χ1) is 15.3. The number of nitrogens with zero attached hydrogens (tertiary/aromatic N) is 5. The Hall–Kier alpha value is -2.81. The molecule has 0 bridgehead atoms. The van der Waals surface area contributed by atoms with Crippen LogP contribution >= 0.6 is 12.2 Å². The van der Waals surface area contributed by atoms with Gasteiger partial charge in [0.25, 0.3) is 0 Å². The normalized spacial score (nSPS) is 21.9. The molecular formula is C23H26N6OS. The van der Waals surface area contributed by atoms with Crippen molar-refractivity contribution in [3.8, 4) is 5.82 Å². The molecule has 3 aromatic heterocycles. The maximum absolute atomic E-state index is 5.81. The van der Waals surface area contributed by atoms with Crippen LogP contribution in [0, 0.1) is 0 Å². The van der Waals surface area contributed by atoms with E-state index in [-0.39, 0.29) is 12.1 Å². The quantitative estimate of drug-likeness (QED) is 0.599. The van der Waals surface area contributed by atoms with Gasteiger partial charge in [0.05, 0.1) is 31.0 Å². The number of ether oxygens (including phenoxy) is 1. The zero-order chi connectivity index (χ0) is 21.0. The summed E-state index contributed by atoms with van der Waals surface area (Å²) in [6.45, 7) is 5.31. The summed E-state index contributed by atoms with van der Waals surface area (Å²) in [5, 5.41) is 4.31. The highest BCUT2D eigenvalue weighted by atomic mass is 32.1. The highest BCUT2D eigenvalue weighted by Gasteiger charge is 2.41. The zero-order valence-electron chi connectivity index (χ0n) is 17.3. The summed E-state index contributed by atoms with van der Waals surface area (Å²) in [4.78, 5) is 14.0. The topological polar surface area (TPSA) is 58.5 Å². The van der Waals surface area contributed by atoms with E-state index in [1.807, 2.05) is 42.7 Å². The molecule has 160 valence electrons. The first-order valence-corrected chi connectivity index (χ1v) is 11.1. The van der Waals surface area contributed by atoms with Crippen molar-refractivity contribution in [1.29, 1.82) is 0 Å². The molecule has 1 N–H and O–H groups in total. The third-order valence-electron chi connectivity index (χ3n) is 5.94. The smallest absolute Gasteiger partial charge is 0.170 e. The molecule has 0 radical (unpaired) electrons. The van der Waals surface area contributed by atoms with Crippen molar-refractivity contribution in [3.63, 3.8) is 0 Å². The average Bonchev–Trinajstić information content (AvgIpc) is 3.44. The van der Waals surface area contributed by atoms with E-state index in [0.29, 0.717) is 0 Å². The third kappa shape index (κ3) is 4.19. The second kappa shape index (κ2) is 9.13. The van der Waals surface area contributed by atoms with Gasteiger partial charge in [-0.3, -0.25) is 9.88 Å². The molecule has 8 heteroatoms. The Morgan fingerprint density at radius 1 is 0.968 bits per heavy atom. The molecule has 5 rings (SSSR count). The summed E-state index contributed by atoms with van der Waals surface area (Å²) in [7, 11) is 0. The average molecular weight is 435 g/mol. The highest BCUT2D eigenvalue weighted by Crippen LogP contribution is 2.39. The summed E-state index contributed by atoms with van der Waals surface area (Å²) >= 11 is 5.81. The Kier molecular flexibility index (Phi) is 5.93. The third-order valence-corrected chi connectivity index (χ3v) is 6.29. The molecule has 0 aliphatic carbocycles. The van der Waals surface area contributed by atoms with Gasteiger partial charge in [-0.05, 0) is 48.6 Å². The van der Waals surface area contributed by atoms with Crippen LogP contribution in [0.3, 0.4) is 0 Å². The standard InChI is InChI=1S/C23H26N6OS/c31-23-26-21(18-6-1-3-9-24-18)22(29(23)13-12-27-14-16-30-17-15-27)19-7-5-11-28(19)20-8-2-4-10-25-20/h1-11,21-22H,12-17H2,(H,26,31)/t21-,22+/m0/s1. The number of hydrogen-bond acceptors (Lipinski definition) is 5. The van der Waals surface area contributed by atoms with Crippen molar-refractivity contribution in [2.45, 2.75) is 12.1 Å². The first-order valence-electron chi connectivity index (χ1n) is 10.7. The number of thiocarbonyl (C=S) groups is 1. The number of nitrogens with one attached hydrogen (secondary N) is 1. The van der Waals surface area contributed by atoms with Gasteiger partial charge in [-0.25, -0.2) is 4.98 Å². The summed E-state index contributed by atoms with van der Waals surface area (Å²) in [5.74, 6) is 0.896. The van der Waals surface area contributed by atoms with Crippen molar-refractivity contribution in [2.24, 2.45) is 0 Å². The Morgan fingerprint density at radius 3 is 2.52 bits per heavy atom. The zero-order valence-corrected chi connectivity index (χ0v) is 18.1. The fraction of sp³-hybridized carbons (Fsp3) is 0.348. The second-order valence-corrected chi connectivity index (χ2v) is 8.15. The second-order valence-electron chi connectivity index (χ2n) is 7.77. The largest absolute Gasteiger partial charge is 0.379 e. The predicted molar refractivity (Wildman–Crippen MR) is 123 cm³/mol. The molecule has 0 amide bonds. The first kappa shape index (κ1) is 20.1. The summed E-state index contributed by atoms with van der Waals surface area (Å²) in [5.41, 5.74) is 2.13. The van der Waals surface area contributed by atoms with E-state index >= 15 is 0 Å². The predicted octanol–water partition coefficient (Wildman–Crippen LogP) is 2.57. The monoisotopic (exact) mass is 434 g/mol. The van der Waals surface area contributed by atoms with E-state index in [0.717, 1.165) is 61.7 Å². The van der Waals surface area contributed by atoms with Crippen LogP contribution in [-0.4, -0.2) is 68.8 Å². The Bertz CT molecular complexity index is 1010. The molecule has 31 heavy (non-hydrogen) atoms. The van der Waals surface area contributed by atoms with E-state index in [2.05, 4.69) is 54.0 Å². The molecule has 2 aliphatic rings. The fourth-order valence-corrected chi connectivity index (χ4v) is 4.71. The number of morpholine rings is 1. The van der Waals surface area contributed by atoms with E-state index in [1.165, 1.54) is 0 Å². The molecule has 2 saturated heterocycles. The molecule has 3 aromatic rings. The lowest BCUT2D eigenvalue weighted by atomic mass is 10.0. The van der Waals surface area contributed by atoms with Gasteiger partial charge >= 0.3 is 0 Å². The van der Waals surface area contributed by atoms with Gasteiger partial charge in [0.2, 0.25) is 0 Å². The lowest BCUT2D eigenvalue weighted by Crippen LogP contribution is -2.42. The van der Waals surface area contributed by atoms with Gasteiger partial charge in [0.15, 0.2) is 5.11 Å². The lowest BCUT2D eigenvalue weighted by molar-refractivity contribution is 0.0349. The van der Waals surface area contributed by atoms with Gasteiger partial charge in [0.1, 0.15) is 5.82 Å². The summed E-state index contributed by atoms with van der Waals surface area (Å²) < 4.78 is 7.65. The fourth-order valence-electron chi connectivity index (χ4n) is 4.38. The van der Waals surface area contributed by atoms with Crippen LogP contribution in [0.2, 0.25) is 0 Å². The van der Waals surface area contributed by atoms with E-state index < -0.39 is 0 Å². The number of hydrogen-bond donors (Lipinski definition) is 1. The molecule has 0 spiro atoms. The maximum atomic E-state index is 5.81. The van der Waals surface area contributed by atoms with Crippen molar-refractivity contribution in [1.82, 2.24) is 29.7 Å². The number of rotatable bonds is 6. The minimum atomic E-state index is -0.0317. The van der Waals surface area contributed by atoms with Crippen LogP contribution in [-0.2, 0) is 4.74 Å². The van der Waals surface area contributed by atoms with Gasteiger partial charge in [0, 0.05) is 50.5 Å². The Morgan fingerprint density at radius 2 is 1.77 bits per heavy atom. The van der Waals surface area contributed by atoms with Crippen molar-refractivity contribution < 1.29 is 4.74 Å². The molecule has 0 aromatic carbocycles. The van der Waals surface area contributed by atoms with Crippen LogP contribution in [0.4, 0.5) is 0 Å². The van der Waals surface area contributed by atoms with E-state index in [4.69, 9.17) is 17.0 Å². The molecule has 5 heterocycles. The van der Waals surface area contributed by atoms with Crippen LogP contribution in [0.5, 0.6) is 0 Å². The van der Waals surface area contributed by atoms with Gasteiger partial charge in [-0.1, -0.05) is 12.1 Å². The molecule has 2 atom stereocenters. The molecule has 2 aliphatic heterocycles. The molecule has 2 fully saturated rings. The van der Waals surface area contributed by atoms with Gasteiger partial charge in [-0.15, -0.1) is 0 Å².